The van der Waals surface area contributed by atoms with Gasteiger partial charge in [0.05, 0.1) is 29.0 Å². The molecule has 2 aliphatic heterocycles. The van der Waals surface area contributed by atoms with Crippen molar-refractivity contribution in [1.29, 1.82) is 0 Å². The lowest BCUT2D eigenvalue weighted by molar-refractivity contribution is -0.168. The van der Waals surface area contributed by atoms with Gasteiger partial charge in [-0.2, -0.15) is 0 Å². The molecule has 0 bridgehead atoms. The molecule has 0 fully saturated rings. The quantitative estimate of drug-likeness (QED) is 0.154. The molecule has 5 rings (SSSR count). The van der Waals surface area contributed by atoms with Crippen molar-refractivity contribution in [3.63, 3.8) is 0 Å². The van der Waals surface area contributed by atoms with Crippen molar-refractivity contribution in [1.82, 2.24) is 9.55 Å². The first kappa shape index (κ1) is 25.7. The van der Waals surface area contributed by atoms with Crippen molar-refractivity contribution in [2.75, 3.05) is 0 Å². The van der Waals surface area contributed by atoms with Crippen molar-refractivity contribution in [3.05, 3.63) is 56.9 Å². The SMILES string of the molecule is CCc1c2c(nc3ccc(OC(=O)OC(C)(C)C)cc13)-c1cc3c(c(=O)n1C2)COC(=O)C3(C)OC(=O)Cl. The zero-order chi connectivity index (χ0) is 27.6. The van der Waals surface area contributed by atoms with Crippen molar-refractivity contribution < 1.29 is 33.3 Å². The largest absolute Gasteiger partial charge is 0.514 e. The molecule has 0 saturated heterocycles. The zero-order valence-electron chi connectivity index (χ0n) is 21.5. The Morgan fingerprint density at radius 3 is 2.58 bits per heavy atom. The Morgan fingerprint density at radius 1 is 1.18 bits per heavy atom. The van der Waals surface area contributed by atoms with Crippen LogP contribution in [0.5, 0.6) is 5.75 Å². The number of rotatable bonds is 3. The van der Waals surface area contributed by atoms with Gasteiger partial charge in [0, 0.05) is 28.1 Å². The Hall–Kier alpha value is -3.92. The van der Waals surface area contributed by atoms with E-state index in [4.69, 9.17) is 35.5 Å². The summed E-state index contributed by atoms with van der Waals surface area (Å²) in [7, 11) is 0. The number of esters is 1. The van der Waals surface area contributed by atoms with Gasteiger partial charge in [0.1, 0.15) is 18.0 Å². The van der Waals surface area contributed by atoms with E-state index in [0.717, 1.165) is 16.5 Å². The van der Waals surface area contributed by atoms with Gasteiger partial charge < -0.3 is 23.5 Å². The average molecular weight is 541 g/mol. The molecule has 2 aromatic heterocycles. The third kappa shape index (κ3) is 4.18. The fourth-order valence-corrected chi connectivity index (χ4v) is 5.13. The van der Waals surface area contributed by atoms with E-state index in [1.807, 2.05) is 6.92 Å². The summed E-state index contributed by atoms with van der Waals surface area (Å²) >= 11 is 5.45. The number of aryl methyl sites for hydroxylation is 1. The number of hydrogen-bond donors (Lipinski definition) is 0. The lowest BCUT2D eigenvalue weighted by Gasteiger charge is -2.32. The molecule has 3 aromatic rings. The van der Waals surface area contributed by atoms with Gasteiger partial charge >= 0.3 is 17.6 Å². The van der Waals surface area contributed by atoms with E-state index in [0.29, 0.717) is 29.1 Å². The first-order chi connectivity index (χ1) is 17.8. The number of ether oxygens (including phenoxy) is 4. The van der Waals surface area contributed by atoms with Crippen LogP contribution >= 0.6 is 11.6 Å². The van der Waals surface area contributed by atoms with Crippen molar-refractivity contribution >= 4 is 40.1 Å². The second-order valence-electron chi connectivity index (χ2n) is 10.3. The predicted octanol–water partition coefficient (Wildman–Crippen LogP) is 4.95. The molecular formula is C27H25ClN2O8. The molecule has 0 saturated carbocycles. The Balaban J connectivity index is 1.64. The van der Waals surface area contributed by atoms with Gasteiger partial charge in [-0.15, -0.1) is 0 Å². The molecule has 4 heterocycles. The highest BCUT2D eigenvalue weighted by Gasteiger charge is 2.48. The van der Waals surface area contributed by atoms with Crippen LogP contribution in [0.3, 0.4) is 0 Å². The number of carbonyl (C=O) groups is 3. The van der Waals surface area contributed by atoms with Crippen LogP contribution in [-0.4, -0.2) is 32.7 Å². The number of halogens is 1. The first-order valence-electron chi connectivity index (χ1n) is 12.0. The highest BCUT2D eigenvalue weighted by molar-refractivity contribution is 6.61. The monoisotopic (exact) mass is 540 g/mol. The minimum atomic E-state index is -1.87. The molecule has 1 unspecified atom stereocenters. The first-order valence-corrected chi connectivity index (χ1v) is 12.4. The van der Waals surface area contributed by atoms with Crippen molar-refractivity contribution in [2.24, 2.45) is 0 Å². The van der Waals surface area contributed by atoms with Crippen molar-refractivity contribution in [3.8, 4) is 17.1 Å². The smallest absolute Gasteiger partial charge is 0.457 e. The van der Waals surface area contributed by atoms with Gasteiger partial charge in [0.25, 0.3) is 5.56 Å². The molecular weight excluding hydrogens is 516 g/mol. The van der Waals surface area contributed by atoms with E-state index in [1.54, 1.807) is 49.6 Å². The summed E-state index contributed by atoms with van der Waals surface area (Å²) in [6.45, 7) is 8.57. The summed E-state index contributed by atoms with van der Waals surface area (Å²) in [6, 6.07) is 6.71. The summed E-state index contributed by atoms with van der Waals surface area (Å²) < 4.78 is 22.5. The summed E-state index contributed by atoms with van der Waals surface area (Å²) in [5, 5.41) is 0.775. The summed E-state index contributed by atoms with van der Waals surface area (Å²) in [4.78, 5) is 54.7. The van der Waals surface area contributed by atoms with Crippen LogP contribution in [0.2, 0.25) is 0 Å². The van der Waals surface area contributed by atoms with Crippen LogP contribution in [0.25, 0.3) is 22.3 Å². The fourth-order valence-electron chi connectivity index (χ4n) is 4.97. The lowest BCUT2D eigenvalue weighted by atomic mass is 9.89. The van der Waals surface area contributed by atoms with Crippen LogP contribution in [0.1, 0.15) is 56.9 Å². The number of cyclic esters (lactones) is 1. The number of carbonyl (C=O) groups excluding carboxylic acids is 3. The van der Waals surface area contributed by atoms with E-state index in [-0.39, 0.29) is 29.8 Å². The van der Waals surface area contributed by atoms with Gasteiger partial charge in [0.15, 0.2) is 0 Å². The maximum Gasteiger partial charge on any atom is 0.514 e. The maximum absolute atomic E-state index is 13.5. The Bertz CT molecular complexity index is 1600. The standard InChI is InChI=1S/C27H25ClN2O8/c1-6-14-15-9-13(36-25(34)38-26(2,3)4)7-8-19(15)29-21-16(14)11-30-20(21)10-18-17(22(30)31)12-35-23(32)27(18,5)37-24(28)33/h7-10H,6,11-12H2,1-5H3. The van der Waals surface area contributed by atoms with E-state index in [2.05, 4.69) is 0 Å². The number of hydrogen-bond acceptors (Lipinski definition) is 9. The molecule has 0 aliphatic carbocycles. The zero-order valence-corrected chi connectivity index (χ0v) is 22.2. The normalized spacial score (nSPS) is 17.8. The predicted molar refractivity (Wildman–Crippen MR) is 136 cm³/mol. The highest BCUT2D eigenvalue weighted by atomic mass is 35.5. The lowest BCUT2D eigenvalue weighted by Crippen LogP contribution is -2.45. The molecule has 38 heavy (non-hydrogen) atoms. The highest BCUT2D eigenvalue weighted by Crippen LogP contribution is 2.41. The summed E-state index contributed by atoms with van der Waals surface area (Å²) in [6.07, 6.45) is -0.200. The molecule has 0 N–H and O–H groups in total. The van der Waals surface area contributed by atoms with Crippen LogP contribution in [0.4, 0.5) is 9.59 Å². The molecule has 0 radical (unpaired) electrons. The number of pyridine rings is 2. The van der Waals surface area contributed by atoms with Gasteiger partial charge in [-0.05, 0) is 63.9 Å². The average Bonchev–Trinajstić information content (AvgIpc) is 3.17. The Morgan fingerprint density at radius 2 is 1.92 bits per heavy atom. The van der Waals surface area contributed by atoms with Gasteiger partial charge in [0.2, 0.25) is 5.60 Å². The van der Waals surface area contributed by atoms with Gasteiger partial charge in [-0.25, -0.2) is 19.4 Å². The van der Waals surface area contributed by atoms with E-state index in [1.165, 1.54) is 6.92 Å². The van der Waals surface area contributed by atoms with Crippen molar-refractivity contribution in [2.45, 2.75) is 65.4 Å². The Kier molecular flexibility index (Phi) is 5.98. The van der Waals surface area contributed by atoms with Gasteiger partial charge in [-0.3, -0.25) is 4.79 Å². The number of benzene rings is 1. The third-order valence-corrected chi connectivity index (χ3v) is 6.69. The van der Waals surface area contributed by atoms with Crippen LogP contribution in [0, 0.1) is 0 Å². The molecule has 1 aromatic carbocycles. The molecule has 11 heteroatoms. The van der Waals surface area contributed by atoms with Crippen LogP contribution in [0.15, 0.2) is 29.1 Å². The second-order valence-corrected chi connectivity index (χ2v) is 10.6. The molecule has 198 valence electrons. The molecule has 10 nitrogen and oxygen atoms in total. The molecule has 0 amide bonds. The van der Waals surface area contributed by atoms with Gasteiger partial charge in [-0.1, -0.05) is 6.92 Å². The van der Waals surface area contributed by atoms with E-state index >= 15 is 0 Å². The Labute approximate surface area is 222 Å². The summed E-state index contributed by atoms with van der Waals surface area (Å²) in [5.41, 5.74) is -0.260. The van der Waals surface area contributed by atoms with Crippen LogP contribution in [-0.2, 0) is 44.2 Å². The minimum absolute atomic E-state index is 0.206. The maximum atomic E-state index is 13.5. The number of fused-ring (bicyclic) bond motifs is 5. The number of aromatic nitrogens is 2. The van der Waals surface area contributed by atoms with Crippen LogP contribution < -0.4 is 10.3 Å². The molecule has 2 aliphatic rings. The second kappa shape index (κ2) is 8.83. The molecule has 0 spiro atoms. The summed E-state index contributed by atoms with van der Waals surface area (Å²) in [5.74, 6) is -0.513. The fraction of sp³-hybridized carbons (Fsp3) is 0.370. The van der Waals surface area contributed by atoms with E-state index in [9.17, 15) is 19.2 Å². The third-order valence-electron chi connectivity index (χ3n) is 6.61. The number of nitrogens with zero attached hydrogens (tertiary/aromatic N) is 2. The van der Waals surface area contributed by atoms with E-state index < -0.39 is 28.8 Å². The minimum Gasteiger partial charge on any atom is -0.457 e. The topological polar surface area (TPSA) is 123 Å². The molecule has 1 atom stereocenters.